The van der Waals surface area contributed by atoms with Crippen LogP contribution in [0, 0.1) is 13.8 Å². The second-order valence-corrected chi connectivity index (χ2v) is 5.45. The van der Waals surface area contributed by atoms with Gasteiger partial charge in [-0.05, 0) is 32.0 Å². The molecule has 0 aliphatic rings. The molecule has 2 aromatic heterocycles. The van der Waals surface area contributed by atoms with Crippen LogP contribution in [0.1, 0.15) is 17.0 Å². The van der Waals surface area contributed by atoms with Crippen LogP contribution in [0.3, 0.4) is 0 Å². The second-order valence-electron chi connectivity index (χ2n) is 5.02. The Bertz CT molecular complexity index is 780. The van der Waals surface area contributed by atoms with Gasteiger partial charge in [-0.3, -0.25) is 0 Å². The van der Waals surface area contributed by atoms with E-state index in [1.807, 2.05) is 39.1 Å². The lowest BCUT2D eigenvalue weighted by Gasteiger charge is -2.19. The molecule has 0 amide bonds. The maximum atomic E-state index is 6.01. The number of nitrogens with zero attached hydrogens (tertiary/aromatic N) is 4. The zero-order valence-electron chi connectivity index (χ0n) is 12.1. The first-order valence-electron chi connectivity index (χ1n) is 6.59. The minimum Gasteiger partial charge on any atom is -0.361 e. The molecule has 0 unspecified atom stereocenters. The quantitative estimate of drug-likeness (QED) is 0.741. The summed E-state index contributed by atoms with van der Waals surface area (Å²) in [5.74, 6) is 1.69. The first-order valence-corrected chi connectivity index (χ1v) is 6.97. The third-order valence-electron chi connectivity index (χ3n) is 3.52. The molecule has 0 atom stereocenters. The fraction of sp³-hybridized carbons (Fsp3) is 0.267. The lowest BCUT2D eigenvalue weighted by Crippen LogP contribution is -2.19. The smallest absolute Gasteiger partial charge is 0.139 e. The molecule has 108 valence electrons. The van der Waals surface area contributed by atoms with Crippen molar-refractivity contribution in [2.45, 2.75) is 20.4 Å². The Hall–Kier alpha value is -2.14. The molecule has 6 heteroatoms. The molecule has 0 saturated heterocycles. The summed E-state index contributed by atoms with van der Waals surface area (Å²) < 4.78 is 5.21. The van der Waals surface area contributed by atoms with Gasteiger partial charge in [0.15, 0.2) is 0 Å². The molecule has 3 rings (SSSR count). The maximum Gasteiger partial charge on any atom is 0.139 e. The lowest BCUT2D eigenvalue weighted by molar-refractivity contribution is 0.392. The van der Waals surface area contributed by atoms with Crippen LogP contribution in [0.4, 0.5) is 5.82 Å². The normalized spacial score (nSPS) is 11.0. The predicted molar refractivity (Wildman–Crippen MR) is 82.6 cm³/mol. The van der Waals surface area contributed by atoms with Gasteiger partial charge >= 0.3 is 0 Å². The fourth-order valence-corrected chi connectivity index (χ4v) is 2.53. The Morgan fingerprint density at radius 3 is 2.76 bits per heavy atom. The number of aryl methyl sites for hydroxylation is 2. The van der Waals surface area contributed by atoms with Crippen molar-refractivity contribution < 1.29 is 4.52 Å². The largest absolute Gasteiger partial charge is 0.361 e. The Balaban J connectivity index is 2.00. The zero-order valence-corrected chi connectivity index (χ0v) is 12.8. The molecule has 0 aliphatic carbocycles. The van der Waals surface area contributed by atoms with Crippen LogP contribution in [0.5, 0.6) is 0 Å². The number of anilines is 1. The van der Waals surface area contributed by atoms with Gasteiger partial charge in [0.2, 0.25) is 0 Å². The summed E-state index contributed by atoms with van der Waals surface area (Å²) in [4.78, 5) is 10.7. The van der Waals surface area contributed by atoms with E-state index in [1.165, 1.54) is 0 Å². The highest BCUT2D eigenvalue weighted by molar-refractivity contribution is 6.31. The van der Waals surface area contributed by atoms with E-state index in [2.05, 4.69) is 20.0 Å². The third-order valence-corrected chi connectivity index (χ3v) is 3.75. The monoisotopic (exact) mass is 302 g/mol. The van der Waals surface area contributed by atoms with Gasteiger partial charge in [-0.25, -0.2) is 9.97 Å². The van der Waals surface area contributed by atoms with E-state index >= 15 is 0 Å². The topological polar surface area (TPSA) is 55.1 Å². The van der Waals surface area contributed by atoms with Gasteiger partial charge in [-0.15, -0.1) is 0 Å². The molecule has 0 spiro atoms. The van der Waals surface area contributed by atoms with Gasteiger partial charge in [-0.1, -0.05) is 16.8 Å². The summed E-state index contributed by atoms with van der Waals surface area (Å²) >= 11 is 6.01. The maximum absolute atomic E-state index is 6.01. The number of benzene rings is 1. The molecule has 0 fully saturated rings. The molecule has 0 aliphatic heterocycles. The summed E-state index contributed by atoms with van der Waals surface area (Å²) in [6.45, 7) is 4.54. The van der Waals surface area contributed by atoms with Crippen LogP contribution < -0.4 is 4.90 Å². The Morgan fingerprint density at radius 1 is 1.24 bits per heavy atom. The van der Waals surface area contributed by atoms with Crippen LogP contribution >= 0.6 is 11.6 Å². The van der Waals surface area contributed by atoms with E-state index in [-0.39, 0.29) is 0 Å². The average molecular weight is 303 g/mol. The van der Waals surface area contributed by atoms with E-state index in [1.54, 1.807) is 6.33 Å². The highest BCUT2D eigenvalue weighted by atomic mass is 35.5. The van der Waals surface area contributed by atoms with Crippen molar-refractivity contribution in [2.24, 2.45) is 0 Å². The molecule has 0 N–H and O–H groups in total. The number of rotatable bonds is 3. The number of halogens is 1. The molecule has 3 aromatic rings. The van der Waals surface area contributed by atoms with Crippen molar-refractivity contribution in [2.75, 3.05) is 11.9 Å². The number of hydrogen-bond donors (Lipinski definition) is 0. The van der Waals surface area contributed by atoms with E-state index in [0.717, 1.165) is 33.7 Å². The van der Waals surface area contributed by atoms with Crippen molar-refractivity contribution >= 4 is 28.3 Å². The number of hydrogen-bond acceptors (Lipinski definition) is 5. The Kier molecular flexibility index (Phi) is 3.51. The summed E-state index contributed by atoms with van der Waals surface area (Å²) in [7, 11) is 1.99. The summed E-state index contributed by atoms with van der Waals surface area (Å²) in [6.07, 6.45) is 1.55. The molecular weight excluding hydrogens is 288 g/mol. The lowest BCUT2D eigenvalue weighted by atomic mass is 10.2. The van der Waals surface area contributed by atoms with E-state index in [4.69, 9.17) is 16.1 Å². The minimum absolute atomic E-state index is 0.667. The molecule has 1 aromatic carbocycles. The molecule has 0 bridgehead atoms. The third kappa shape index (κ3) is 2.56. The molecule has 0 saturated carbocycles. The van der Waals surface area contributed by atoms with Gasteiger partial charge < -0.3 is 9.42 Å². The Morgan fingerprint density at radius 2 is 2.05 bits per heavy atom. The van der Waals surface area contributed by atoms with Crippen LogP contribution in [-0.4, -0.2) is 22.2 Å². The first-order chi connectivity index (χ1) is 10.1. The van der Waals surface area contributed by atoms with Crippen LogP contribution in [0.15, 0.2) is 29.0 Å². The Labute approximate surface area is 127 Å². The van der Waals surface area contributed by atoms with Crippen molar-refractivity contribution in [1.29, 1.82) is 0 Å². The van der Waals surface area contributed by atoms with Crippen molar-refractivity contribution in [3.63, 3.8) is 0 Å². The standard InChI is InChI=1S/C15H15ClN4O/c1-9-13(10(2)21-19-9)7-20(3)15-12-5-4-11(16)6-14(12)17-8-18-15/h4-6,8H,7H2,1-3H3. The van der Waals surface area contributed by atoms with Gasteiger partial charge in [0.25, 0.3) is 0 Å². The highest BCUT2D eigenvalue weighted by Gasteiger charge is 2.14. The van der Waals surface area contributed by atoms with E-state index < -0.39 is 0 Å². The SMILES string of the molecule is Cc1noc(C)c1CN(C)c1ncnc2cc(Cl)ccc12. The van der Waals surface area contributed by atoms with Crippen LogP contribution in [0.2, 0.25) is 5.02 Å². The second kappa shape index (κ2) is 5.33. The number of aromatic nitrogens is 3. The zero-order chi connectivity index (χ0) is 15.0. The van der Waals surface area contributed by atoms with Gasteiger partial charge in [0, 0.05) is 29.6 Å². The van der Waals surface area contributed by atoms with Gasteiger partial charge in [0.05, 0.1) is 11.2 Å². The van der Waals surface area contributed by atoms with E-state index in [0.29, 0.717) is 11.6 Å². The highest BCUT2D eigenvalue weighted by Crippen LogP contribution is 2.26. The van der Waals surface area contributed by atoms with Crippen LogP contribution in [0.25, 0.3) is 10.9 Å². The van der Waals surface area contributed by atoms with Gasteiger partial charge in [0.1, 0.15) is 17.9 Å². The van der Waals surface area contributed by atoms with Crippen molar-refractivity contribution in [3.05, 3.63) is 46.6 Å². The molecule has 0 radical (unpaired) electrons. The van der Waals surface area contributed by atoms with Gasteiger partial charge in [-0.2, -0.15) is 0 Å². The summed E-state index contributed by atoms with van der Waals surface area (Å²) in [6, 6.07) is 5.63. The fourth-order valence-electron chi connectivity index (χ4n) is 2.36. The van der Waals surface area contributed by atoms with Crippen molar-refractivity contribution in [1.82, 2.24) is 15.1 Å². The minimum atomic E-state index is 0.667. The van der Waals surface area contributed by atoms with E-state index in [9.17, 15) is 0 Å². The molecular formula is C15H15ClN4O. The summed E-state index contributed by atoms with van der Waals surface area (Å²) in [5.41, 5.74) is 2.82. The molecule has 2 heterocycles. The predicted octanol–water partition coefficient (Wildman–Crippen LogP) is 3.52. The average Bonchev–Trinajstić information content (AvgIpc) is 2.78. The van der Waals surface area contributed by atoms with Crippen molar-refractivity contribution in [3.8, 4) is 0 Å². The molecule has 5 nitrogen and oxygen atoms in total. The molecule has 21 heavy (non-hydrogen) atoms. The first kappa shape index (κ1) is 13.8. The summed E-state index contributed by atoms with van der Waals surface area (Å²) in [5, 5.41) is 5.62. The number of fused-ring (bicyclic) bond motifs is 1. The van der Waals surface area contributed by atoms with Crippen LogP contribution in [-0.2, 0) is 6.54 Å².